The Morgan fingerprint density at radius 3 is 2.56 bits per heavy atom. The molecule has 0 aliphatic carbocycles. The third kappa shape index (κ3) is 9.39. The lowest BCUT2D eigenvalue weighted by molar-refractivity contribution is -0.120. The maximum absolute atomic E-state index is 11.5. The van der Waals surface area contributed by atoms with E-state index in [9.17, 15) is 4.79 Å². The van der Waals surface area contributed by atoms with E-state index in [4.69, 9.17) is 4.74 Å². The van der Waals surface area contributed by atoms with Crippen LogP contribution in [0.2, 0.25) is 0 Å². The highest BCUT2D eigenvalue weighted by atomic mass is 16.5. The van der Waals surface area contributed by atoms with Gasteiger partial charge >= 0.3 is 0 Å². The largest absolute Gasteiger partial charge is 0.385 e. The standard InChI is InChI=1S/C13H29N3O2/c1-5-16(6-2)11-12(3)15-10-13(17)14-8-7-9-18-4/h12,15H,5-11H2,1-4H3,(H,14,17). The van der Waals surface area contributed by atoms with Gasteiger partial charge in [0.25, 0.3) is 0 Å². The number of nitrogens with zero attached hydrogens (tertiary/aromatic N) is 1. The molecule has 1 amide bonds. The van der Waals surface area contributed by atoms with Gasteiger partial charge in [0, 0.05) is 32.8 Å². The molecule has 0 aliphatic rings. The average molecular weight is 259 g/mol. The van der Waals surface area contributed by atoms with E-state index < -0.39 is 0 Å². The van der Waals surface area contributed by atoms with Crippen LogP contribution >= 0.6 is 0 Å². The van der Waals surface area contributed by atoms with Crippen molar-refractivity contribution in [1.29, 1.82) is 0 Å². The van der Waals surface area contributed by atoms with Gasteiger partial charge < -0.3 is 20.3 Å². The molecule has 0 aromatic carbocycles. The minimum absolute atomic E-state index is 0.0532. The van der Waals surface area contributed by atoms with E-state index >= 15 is 0 Å². The Morgan fingerprint density at radius 2 is 2.00 bits per heavy atom. The summed E-state index contributed by atoms with van der Waals surface area (Å²) >= 11 is 0. The zero-order chi connectivity index (χ0) is 13.8. The molecule has 0 heterocycles. The first-order chi connectivity index (χ1) is 8.63. The molecule has 0 saturated heterocycles. The molecule has 0 fully saturated rings. The zero-order valence-electron chi connectivity index (χ0n) is 12.3. The molecule has 5 heteroatoms. The van der Waals surface area contributed by atoms with E-state index in [1.54, 1.807) is 7.11 Å². The number of methoxy groups -OCH3 is 1. The number of hydrogen-bond acceptors (Lipinski definition) is 4. The van der Waals surface area contributed by atoms with Crippen molar-refractivity contribution in [2.45, 2.75) is 33.2 Å². The minimum atomic E-state index is 0.0532. The average Bonchev–Trinajstić information content (AvgIpc) is 2.38. The Balaban J connectivity index is 3.58. The second-order valence-electron chi connectivity index (χ2n) is 4.46. The van der Waals surface area contributed by atoms with Gasteiger partial charge in [-0.1, -0.05) is 13.8 Å². The number of nitrogens with one attached hydrogen (secondary N) is 2. The first-order valence-corrected chi connectivity index (χ1v) is 6.85. The number of likely N-dealkylation sites (N-methyl/N-ethyl adjacent to an activating group) is 1. The molecule has 0 aliphatic heterocycles. The summed E-state index contributed by atoms with van der Waals surface area (Å²) in [4.78, 5) is 13.8. The molecule has 2 N–H and O–H groups in total. The van der Waals surface area contributed by atoms with Gasteiger partial charge in [0.15, 0.2) is 0 Å². The second kappa shape index (κ2) is 11.4. The van der Waals surface area contributed by atoms with Crippen LogP contribution in [0.25, 0.3) is 0 Å². The van der Waals surface area contributed by atoms with E-state index in [-0.39, 0.29) is 5.91 Å². The van der Waals surface area contributed by atoms with Crippen LogP contribution in [0.4, 0.5) is 0 Å². The maximum atomic E-state index is 11.5. The van der Waals surface area contributed by atoms with Crippen molar-refractivity contribution >= 4 is 5.91 Å². The smallest absolute Gasteiger partial charge is 0.233 e. The maximum Gasteiger partial charge on any atom is 0.233 e. The van der Waals surface area contributed by atoms with Gasteiger partial charge in [-0.25, -0.2) is 0 Å². The fraction of sp³-hybridized carbons (Fsp3) is 0.923. The lowest BCUT2D eigenvalue weighted by Gasteiger charge is -2.23. The Kier molecular flexibility index (Phi) is 11.0. The van der Waals surface area contributed by atoms with Crippen LogP contribution in [0.5, 0.6) is 0 Å². The fourth-order valence-electron chi connectivity index (χ4n) is 1.71. The predicted molar refractivity (Wildman–Crippen MR) is 74.8 cm³/mol. The Morgan fingerprint density at radius 1 is 1.33 bits per heavy atom. The van der Waals surface area contributed by atoms with Gasteiger partial charge in [0.05, 0.1) is 6.54 Å². The molecule has 0 spiro atoms. The second-order valence-corrected chi connectivity index (χ2v) is 4.46. The van der Waals surface area contributed by atoms with E-state index in [1.165, 1.54) is 0 Å². The van der Waals surface area contributed by atoms with Gasteiger partial charge in [-0.2, -0.15) is 0 Å². The quantitative estimate of drug-likeness (QED) is 0.529. The van der Waals surface area contributed by atoms with Gasteiger partial charge in [-0.15, -0.1) is 0 Å². The number of amides is 1. The summed E-state index contributed by atoms with van der Waals surface area (Å²) in [5.74, 6) is 0.0532. The SMILES string of the molecule is CCN(CC)CC(C)NCC(=O)NCCCOC. The molecule has 0 aromatic heterocycles. The highest BCUT2D eigenvalue weighted by Gasteiger charge is 2.08. The number of carbonyl (C=O) groups excluding carboxylic acids is 1. The molecule has 0 saturated carbocycles. The third-order valence-corrected chi connectivity index (χ3v) is 2.88. The summed E-state index contributed by atoms with van der Waals surface area (Å²) in [6, 6.07) is 0.328. The normalized spacial score (nSPS) is 12.7. The Hall–Kier alpha value is -0.650. The topological polar surface area (TPSA) is 53.6 Å². The van der Waals surface area contributed by atoms with Crippen LogP contribution in [0, 0.1) is 0 Å². The van der Waals surface area contributed by atoms with Crippen LogP contribution < -0.4 is 10.6 Å². The van der Waals surface area contributed by atoms with Crippen molar-refractivity contribution < 1.29 is 9.53 Å². The molecule has 1 unspecified atom stereocenters. The number of carbonyl (C=O) groups is 1. The van der Waals surface area contributed by atoms with Crippen LogP contribution in [-0.2, 0) is 9.53 Å². The van der Waals surface area contributed by atoms with Crippen molar-refractivity contribution in [3.05, 3.63) is 0 Å². The molecule has 5 nitrogen and oxygen atoms in total. The Bertz CT molecular complexity index is 208. The summed E-state index contributed by atoms with van der Waals surface area (Å²) in [6.45, 7) is 11.2. The highest BCUT2D eigenvalue weighted by Crippen LogP contribution is 1.91. The summed E-state index contributed by atoms with van der Waals surface area (Å²) in [5, 5.41) is 6.10. The first kappa shape index (κ1) is 17.4. The predicted octanol–water partition coefficient (Wildman–Crippen LogP) is 0.459. The summed E-state index contributed by atoms with van der Waals surface area (Å²) in [5.41, 5.74) is 0. The fourth-order valence-corrected chi connectivity index (χ4v) is 1.71. The van der Waals surface area contributed by atoms with E-state index in [0.717, 1.165) is 26.1 Å². The molecule has 18 heavy (non-hydrogen) atoms. The molecule has 1 atom stereocenters. The van der Waals surface area contributed by atoms with E-state index in [0.29, 0.717) is 25.7 Å². The van der Waals surface area contributed by atoms with Crippen molar-refractivity contribution in [2.24, 2.45) is 0 Å². The zero-order valence-corrected chi connectivity index (χ0v) is 12.3. The molecule has 108 valence electrons. The number of rotatable bonds is 11. The van der Waals surface area contributed by atoms with Crippen LogP contribution in [0.15, 0.2) is 0 Å². The van der Waals surface area contributed by atoms with Crippen LogP contribution in [0.3, 0.4) is 0 Å². The third-order valence-electron chi connectivity index (χ3n) is 2.88. The van der Waals surface area contributed by atoms with Crippen molar-refractivity contribution in [3.63, 3.8) is 0 Å². The lowest BCUT2D eigenvalue weighted by Crippen LogP contribution is -2.43. The van der Waals surface area contributed by atoms with Gasteiger partial charge in [-0.3, -0.25) is 4.79 Å². The first-order valence-electron chi connectivity index (χ1n) is 6.85. The highest BCUT2D eigenvalue weighted by molar-refractivity contribution is 5.77. The summed E-state index contributed by atoms with van der Waals surface area (Å²) in [7, 11) is 1.66. The number of ether oxygens (including phenoxy) is 1. The molecular weight excluding hydrogens is 230 g/mol. The van der Waals surface area contributed by atoms with Gasteiger partial charge in [0.2, 0.25) is 5.91 Å². The molecule has 0 rings (SSSR count). The van der Waals surface area contributed by atoms with Gasteiger partial charge in [0.1, 0.15) is 0 Å². The minimum Gasteiger partial charge on any atom is -0.385 e. The molecule has 0 aromatic rings. The van der Waals surface area contributed by atoms with Crippen molar-refractivity contribution in [2.75, 3.05) is 46.4 Å². The molecular formula is C13H29N3O2. The Labute approximate surface area is 111 Å². The summed E-state index contributed by atoms with van der Waals surface area (Å²) < 4.78 is 4.92. The van der Waals surface area contributed by atoms with Crippen molar-refractivity contribution in [3.8, 4) is 0 Å². The van der Waals surface area contributed by atoms with Crippen LogP contribution in [0.1, 0.15) is 27.2 Å². The van der Waals surface area contributed by atoms with Crippen molar-refractivity contribution in [1.82, 2.24) is 15.5 Å². The van der Waals surface area contributed by atoms with E-state index in [2.05, 4.69) is 36.3 Å². The molecule has 0 radical (unpaired) electrons. The van der Waals surface area contributed by atoms with E-state index in [1.807, 2.05) is 0 Å². The number of hydrogen-bond donors (Lipinski definition) is 2. The van der Waals surface area contributed by atoms with Gasteiger partial charge in [-0.05, 0) is 26.4 Å². The lowest BCUT2D eigenvalue weighted by atomic mass is 10.3. The molecule has 0 bridgehead atoms. The monoisotopic (exact) mass is 259 g/mol. The van der Waals surface area contributed by atoms with Crippen LogP contribution in [-0.4, -0.2) is 63.3 Å². The summed E-state index contributed by atoms with van der Waals surface area (Å²) in [6.07, 6.45) is 0.858.